The Morgan fingerprint density at radius 1 is 0.677 bits per heavy atom. The highest BCUT2D eigenvalue weighted by Crippen LogP contribution is 2.47. The maximum Gasteiger partial charge on any atom is 0.193 e. The largest absolute Gasteiger partial charge is 0.289 e. The fraction of sp³-hybridized carbons (Fsp3) is 0.367. The molecular weight excluding hydrogens is 376 g/mol. The van der Waals surface area contributed by atoms with Gasteiger partial charge in [-0.1, -0.05) is 118 Å². The molecule has 3 aliphatic carbocycles. The van der Waals surface area contributed by atoms with Crippen LogP contribution in [0, 0.1) is 11.8 Å². The van der Waals surface area contributed by atoms with E-state index in [0.29, 0.717) is 11.8 Å². The van der Waals surface area contributed by atoms with Gasteiger partial charge in [0.1, 0.15) is 0 Å². The van der Waals surface area contributed by atoms with Crippen LogP contribution in [0.1, 0.15) is 79.3 Å². The lowest BCUT2D eigenvalue weighted by Crippen LogP contribution is -2.26. The van der Waals surface area contributed by atoms with Gasteiger partial charge in [0.2, 0.25) is 0 Å². The Morgan fingerprint density at radius 3 is 2.00 bits per heavy atom. The minimum Gasteiger partial charge on any atom is -0.289 e. The van der Waals surface area contributed by atoms with E-state index in [9.17, 15) is 4.79 Å². The van der Waals surface area contributed by atoms with E-state index < -0.39 is 0 Å². The van der Waals surface area contributed by atoms with Crippen LogP contribution < -0.4 is 0 Å². The first-order valence-electron chi connectivity index (χ1n) is 12.2. The Balaban J connectivity index is 1.65. The number of Topliss-reactive ketones (excluding diaryl/α,β-unsaturated/α-hetero) is 1. The van der Waals surface area contributed by atoms with Crippen LogP contribution in [0.4, 0.5) is 0 Å². The molecule has 158 valence electrons. The van der Waals surface area contributed by atoms with Crippen molar-refractivity contribution < 1.29 is 4.79 Å². The molecule has 31 heavy (non-hydrogen) atoms. The van der Waals surface area contributed by atoms with Gasteiger partial charge in [0, 0.05) is 17.1 Å². The molecule has 2 aromatic carbocycles. The Labute approximate surface area is 186 Å². The maximum atomic E-state index is 13.5. The van der Waals surface area contributed by atoms with Crippen molar-refractivity contribution in [1.82, 2.24) is 0 Å². The molecule has 3 aliphatic rings. The number of allylic oxidation sites excluding steroid dienone is 5. The number of fused-ring (bicyclic) bond motifs is 2. The second-order valence-electron chi connectivity index (χ2n) is 9.33. The number of ketones is 1. The summed E-state index contributed by atoms with van der Waals surface area (Å²) in [4.78, 5) is 13.5. The fourth-order valence-corrected chi connectivity index (χ4v) is 5.83. The summed E-state index contributed by atoms with van der Waals surface area (Å²) >= 11 is 0. The molecule has 0 radical (unpaired) electrons. The second-order valence-corrected chi connectivity index (χ2v) is 9.33. The van der Waals surface area contributed by atoms with Gasteiger partial charge in [-0.2, -0.15) is 0 Å². The molecular formula is C30H32O. The van der Waals surface area contributed by atoms with Crippen molar-refractivity contribution in [3.63, 3.8) is 0 Å². The van der Waals surface area contributed by atoms with Gasteiger partial charge >= 0.3 is 0 Å². The molecule has 1 unspecified atom stereocenters. The molecule has 2 aromatic rings. The fourth-order valence-electron chi connectivity index (χ4n) is 5.83. The van der Waals surface area contributed by atoms with E-state index in [1.165, 1.54) is 74.5 Å². The average molecular weight is 409 g/mol. The highest BCUT2D eigenvalue weighted by Gasteiger charge is 2.36. The Kier molecular flexibility index (Phi) is 6.02. The lowest BCUT2D eigenvalue weighted by atomic mass is 9.67. The van der Waals surface area contributed by atoms with Crippen molar-refractivity contribution in [1.29, 1.82) is 0 Å². The van der Waals surface area contributed by atoms with E-state index in [0.717, 1.165) is 16.7 Å². The number of benzene rings is 2. The van der Waals surface area contributed by atoms with Gasteiger partial charge < -0.3 is 0 Å². The first kappa shape index (κ1) is 20.2. The summed E-state index contributed by atoms with van der Waals surface area (Å²) in [5, 5.41) is 0. The monoisotopic (exact) mass is 408 g/mol. The lowest BCUT2D eigenvalue weighted by Gasteiger charge is -2.35. The summed E-state index contributed by atoms with van der Waals surface area (Å²) in [6.45, 7) is 0. The van der Waals surface area contributed by atoms with Crippen molar-refractivity contribution in [3.8, 4) is 0 Å². The SMILES string of the molecule is O=C1C2=CC=CC(C3CCCCCCCCC3)C2=C(c2ccccc2)c2ccccc21. The summed E-state index contributed by atoms with van der Waals surface area (Å²) in [5.41, 5.74) is 6.64. The molecule has 0 spiro atoms. The lowest BCUT2D eigenvalue weighted by molar-refractivity contribution is 0.103. The summed E-state index contributed by atoms with van der Waals surface area (Å²) in [5.74, 6) is 1.14. The van der Waals surface area contributed by atoms with Crippen LogP contribution in [0.2, 0.25) is 0 Å². The Hall–Kier alpha value is -2.67. The van der Waals surface area contributed by atoms with E-state index >= 15 is 0 Å². The molecule has 0 amide bonds. The van der Waals surface area contributed by atoms with Crippen molar-refractivity contribution >= 4 is 11.4 Å². The highest BCUT2D eigenvalue weighted by molar-refractivity contribution is 6.20. The van der Waals surface area contributed by atoms with Crippen LogP contribution in [0.15, 0.2) is 84.0 Å². The molecule has 1 saturated carbocycles. The molecule has 0 aromatic heterocycles. The molecule has 0 saturated heterocycles. The van der Waals surface area contributed by atoms with Crippen LogP contribution in [-0.2, 0) is 0 Å². The number of hydrogen-bond acceptors (Lipinski definition) is 1. The molecule has 0 N–H and O–H groups in total. The zero-order chi connectivity index (χ0) is 21.0. The minimum absolute atomic E-state index is 0.194. The standard InChI is InChI=1S/C30H32O/c31-30-26-19-12-11-18-25(26)28(23-16-9-6-10-17-23)29-24(20-13-21-27(29)30)22-14-7-4-2-1-3-5-8-15-22/h6,9-13,16-22,24H,1-5,7-8,14-15H2. The summed E-state index contributed by atoms with van der Waals surface area (Å²) in [7, 11) is 0. The molecule has 0 heterocycles. The van der Waals surface area contributed by atoms with Crippen molar-refractivity contribution in [3.05, 3.63) is 101 Å². The average Bonchev–Trinajstić information content (AvgIpc) is 2.83. The third-order valence-electron chi connectivity index (χ3n) is 7.38. The molecule has 1 nitrogen and oxygen atoms in total. The molecule has 5 rings (SSSR count). The zero-order valence-electron chi connectivity index (χ0n) is 18.4. The quantitative estimate of drug-likeness (QED) is 0.493. The van der Waals surface area contributed by atoms with Gasteiger partial charge in [0.05, 0.1) is 0 Å². The summed E-state index contributed by atoms with van der Waals surface area (Å²) < 4.78 is 0. The van der Waals surface area contributed by atoms with Crippen LogP contribution in [0.3, 0.4) is 0 Å². The Morgan fingerprint density at radius 2 is 1.29 bits per heavy atom. The van der Waals surface area contributed by atoms with Crippen LogP contribution in [0.25, 0.3) is 5.57 Å². The topological polar surface area (TPSA) is 17.1 Å². The van der Waals surface area contributed by atoms with Crippen LogP contribution in [0.5, 0.6) is 0 Å². The van der Waals surface area contributed by atoms with Crippen LogP contribution >= 0.6 is 0 Å². The first-order valence-corrected chi connectivity index (χ1v) is 12.2. The smallest absolute Gasteiger partial charge is 0.193 e. The molecule has 1 heteroatoms. The van der Waals surface area contributed by atoms with E-state index in [1.807, 2.05) is 12.1 Å². The van der Waals surface area contributed by atoms with Gasteiger partial charge in [-0.05, 0) is 41.0 Å². The van der Waals surface area contributed by atoms with Crippen molar-refractivity contribution in [2.45, 2.75) is 57.8 Å². The van der Waals surface area contributed by atoms with Crippen LogP contribution in [-0.4, -0.2) is 5.78 Å². The molecule has 0 bridgehead atoms. The number of hydrogen-bond donors (Lipinski definition) is 0. The van der Waals surface area contributed by atoms with E-state index in [4.69, 9.17) is 0 Å². The Bertz CT molecular complexity index is 1030. The van der Waals surface area contributed by atoms with Gasteiger partial charge in [0.15, 0.2) is 5.78 Å². The maximum absolute atomic E-state index is 13.5. The first-order chi connectivity index (χ1) is 15.3. The van der Waals surface area contributed by atoms with Gasteiger partial charge in [-0.25, -0.2) is 0 Å². The zero-order valence-corrected chi connectivity index (χ0v) is 18.4. The van der Waals surface area contributed by atoms with Gasteiger partial charge in [-0.3, -0.25) is 4.79 Å². The van der Waals surface area contributed by atoms with Gasteiger partial charge in [-0.15, -0.1) is 0 Å². The summed E-state index contributed by atoms with van der Waals surface area (Å²) in [6.07, 6.45) is 18.6. The predicted octanol–water partition coefficient (Wildman–Crippen LogP) is 7.94. The third kappa shape index (κ3) is 3.99. The predicted molar refractivity (Wildman–Crippen MR) is 129 cm³/mol. The van der Waals surface area contributed by atoms with E-state index in [1.54, 1.807) is 0 Å². The molecule has 0 aliphatic heterocycles. The summed E-state index contributed by atoms with van der Waals surface area (Å²) in [6, 6.07) is 18.9. The molecule has 1 fully saturated rings. The number of carbonyl (C=O) groups excluding carboxylic acids is 1. The highest BCUT2D eigenvalue weighted by atomic mass is 16.1. The third-order valence-corrected chi connectivity index (χ3v) is 7.38. The van der Waals surface area contributed by atoms with Crippen molar-refractivity contribution in [2.24, 2.45) is 11.8 Å². The van der Waals surface area contributed by atoms with E-state index in [-0.39, 0.29) is 5.78 Å². The molecule has 1 atom stereocenters. The van der Waals surface area contributed by atoms with E-state index in [2.05, 4.69) is 60.7 Å². The van der Waals surface area contributed by atoms with Crippen molar-refractivity contribution in [2.75, 3.05) is 0 Å². The van der Waals surface area contributed by atoms with Gasteiger partial charge in [0.25, 0.3) is 0 Å². The number of rotatable bonds is 2. The number of carbonyl (C=O) groups is 1. The normalized spacial score (nSPS) is 22.5. The minimum atomic E-state index is 0.194. The second kappa shape index (κ2) is 9.22.